The van der Waals surface area contributed by atoms with Gasteiger partial charge in [0.2, 0.25) is 0 Å². The molecule has 0 saturated carbocycles. The Balaban J connectivity index is 1.92. The Morgan fingerprint density at radius 3 is 2.50 bits per heavy atom. The summed E-state index contributed by atoms with van der Waals surface area (Å²) in [6, 6.07) is -0.831. The van der Waals surface area contributed by atoms with Gasteiger partial charge < -0.3 is 25.2 Å². The SMILES string of the molecule is CN1CCN(C(=O)N[C@H]2CCS(=O)(=O)C2)[C@H](CNC(=O)OC(C)(C)C)C1. The van der Waals surface area contributed by atoms with Gasteiger partial charge in [0.25, 0.3) is 0 Å². The average molecular weight is 391 g/mol. The first-order valence-corrected chi connectivity index (χ1v) is 10.7. The van der Waals surface area contributed by atoms with E-state index in [9.17, 15) is 18.0 Å². The number of piperazine rings is 1. The lowest BCUT2D eigenvalue weighted by Crippen LogP contribution is -2.61. The molecular weight excluding hydrogens is 360 g/mol. The van der Waals surface area contributed by atoms with E-state index in [1.54, 1.807) is 25.7 Å². The van der Waals surface area contributed by atoms with Crippen molar-refractivity contribution in [2.75, 3.05) is 44.7 Å². The van der Waals surface area contributed by atoms with E-state index in [4.69, 9.17) is 4.74 Å². The summed E-state index contributed by atoms with van der Waals surface area (Å²) in [5.74, 6) is 0.109. The molecule has 0 aromatic rings. The summed E-state index contributed by atoms with van der Waals surface area (Å²) in [5.41, 5.74) is -0.585. The van der Waals surface area contributed by atoms with Gasteiger partial charge in [-0.1, -0.05) is 0 Å². The van der Waals surface area contributed by atoms with Crippen LogP contribution in [0.5, 0.6) is 0 Å². The van der Waals surface area contributed by atoms with Gasteiger partial charge in [0, 0.05) is 32.2 Å². The number of rotatable bonds is 3. The van der Waals surface area contributed by atoms with Crippen molar-refractivity contribution in [2.45, 2.75) is 44.9 Å². The number of urea groups is 1. The summed E-state index contributed by atoms with van der Waals surface area (Å²) in [5, 5.41) is 5.54. The molecule has 0 aromatic heterocycles. The van der Waals surface area contributed by atoms with Crippen LogP contribution < -0.4 is 10.6 Å². The van der Waals surface area contributed by atoms with Crippen LogP contribution in [0, 0.1) is 0 Å². The van der Waals surface area contributed by atoms with Crippen molar-refractivity contribution in [1.29, 1.82) is 0 Å². The molecule has 0 bridgehead atoms. The Bertz CT molecular complexity index is 631. The van der Waals surface area contributed by atoms with E-state index in [1.165, 1.54) is 0 Å². The molecule has 9 nitrogen and oxygen atoms in total. The van der Waals surface area contributed by atoms with Crippen molar-refractivity contribution in [1.82, 2.24) is 20.4 Å². The van der Waals surface area contributed by atoms with E-state index < -0.39 is 21.5 Å². The Kier molecular flexibility index (Phi) is 6.38. The Labute approximate surface area is 155 Å². The summed E-state index contributed by atoms with van der Waals surface area (Å²) in [6.45, 7) is 7.49. The molecule has 0 spiro atoms. The van der Waals surface area contributed by atoms with Crippen molar-refractivity contribution in [3.63, 3.8) is 0 Å². The first kappa shape index (κ1) is 20.8. The number of carbonyl (C=O) groups excluding carboxylic acids is 2. The number of amides is 3. The third-order valence-corrected chi connectivity index (χ3v) is 6.16. The summed E-state index contributed by atoms with van der Waals surface area (Å²) in [7, 11) is -1.09. The highest BCUT2D eigenvalue weighted by Crippen LogP contribution is 2.14. The van der Waals surface area contributed by atoms with Crippen molar-refractivity contribution in [2.24, 2.45) is 0 Å². The minimum atomic E-state index is -3.05. The van der Waals surface area contributed by atoms with E-state index in [2.05, 4.69) is 15.5 Å². The summed E-state index contributed by atoms with van der Waals surface area (Å²) >= 11 is 0. The topological polar surface area (TPSA) is 108 Å². The van der Waals surface area contributed by atoms with Gasteiger partial charge >= 0.3 is 12.1 Å². The summed E-state index contributed by atoms with van der Waals surface area (Å²) in [6.07, 6.45) is -0.0733. The zero-order valence-corrected chi connectivity index (χ0v) is 16.8. The fraction of sp³-hybridized carbons (Fsp3) is 0.875. The highest BCUT2D eigenvalue weighted by Gasteiger charge is 2.34. The van der Waals surface area contributed by atoms with Gasteiger partial charge in [-0.05, 0) is 34.2 Å². The molecule has 2 aliphatic rings. The Morgan fingerprint density at radius 1 is 1.23 bits per heavy atom. The number of carbonyl (C=O) groups is 2. The molecule has 0 radical (unpaired) electrons. The second-order valence-corrected chi connectivity index (χ2v) is 10.3. The molecule has 2 rings (SSSR count). The normalized spacial score (nSPS) is 26.4. The minimum absolute atomic E-state index is 0.00664. The fourth-order valence-corrected chi connectivity index (χ4v) is 4.81. The average Bonchev–Trinajstić information content (AvgIpc) is 2.82. The molecule has 2 fully saturated rings. The molecule has 10 heteroatoms. The molecule has 2 heterocycles. The smallest absolute Gasteiger partial charge is 0.407 e. The van der Waals surface area contributed by atoms with Gasteiger partial charge in [-0.25, -0.2) is 18.0 Å². The fourth-order valence-electron chi connectivity index (χ4n) is 3.13. The van der Waals surface area contributed by atoms with Crippen LogP contribution in [0.2, 0.25) is 0 Å². The first-order valence-electron chi connectivity index (χ1n) is 8.88. The zero-order chi connectivity index (χ0) is 19.5. The molecule has 150 valence electrons. The molecule has 2 atom stereocenters. The van der Waals surface area contributed by atoms with E-state index >= 15 is 0 Å². The maximum Gasteiger partial charge on any atom is 0.407 e. The highest BCUT2D eigenvalue weighted by molar-refractivity contribution is 7.91. The van der Waals surface area contributed by atoms with Gasteiger partial charge in [-0.2, -0.15) is 0 Å². The van der Waals surface area contributed by atoms with Crippen LogP contribution in [-0.4, -0.2) is 92.8 Å². The quantitative estimate of drug-likeness (QED) is 0.704. The van der Waals surface area contributed by atoms with E-state index in [0.29, 0.717) is 19.5 Å². The predicted octanol–water partition coefficient (Wildman–Crippen LogP) is 0.0238. The van der Waals surface area contributed by atoms with Crippen LogP contribution in [0.15, 0.2) is 0 Å². The van der Waals surface area contributed by atoms with Crippen molar-refractivity contribution >= 4 is 22.0 Å². The molecule has 2 saturated heterocycles. The Morgan fingerprint density at radius 2 is 1.92 bits per heavy atom. The van der Waals surface area contributed by atoms with Crippen LogP contribution in [0.1, 0.15) is 27.2 Å². The molecule has 0 unspecified atom stereocenters. The molecular formula is C16H30N4O5S. The number of nitrogens with one attached hydrogen (secondary N) is 2. The van der Waals surface area contributed by atoms with Crippen molar-refractivity contribution in [3.8, 4) is 0 Å². The first-order chi connectivity index (χ1) is 12.0. The lowest BCUT2D eigenvalue weighted by molar-refractivity contribution is 0.0485. The van der Waals surface area contributed by atoms with Gasteiger partial charge in [0.05, 0.1) is 17.5 Å². The molecule has 0 aliphatic carbocycles. The number of sulfone groups is 1. The van der Waals surface area contributed by atoms with E-state index in [0.717, 1.165) is 6.54 Å². The number of alkyl carbamates (subject to hydrolysis) is 1. The number of hydrogen-bond acceptors (Lipinski definition) is 6. The maximum absolute atomic E-state index is 12.6. The van der Waals surface area contributed by atoms with Crippen LogP contribution in [-0.2, 0) is 14.6 Å². The highest BCUT2D eigenvalue weighted by atomic mass is 32.2. The van der Waals surface area contributed by atoms with E-state index in [-0.39, 0.29) is 36.2 Å². The lowest BCUT2D eigenvalue weighted by Gasteiger charge is -2.40. The van der Waals surface area contributed by atoms with Gasteiger partial charge in [-0.3, -0.25) is 0 Å². The molecule has 3 amide bonds. The standard InChI is InChI=1S/C16H30N4O5S/c1-16(2,3)25-15(22)17-9-13-10-19(4)6-7-20(13)14(21)18-12-5-8-26(23,24)11-12/h12-13H,5-11H2,1-4H3,(H,17,22)(H,18,21)/t12-,13+/m0/s1. The molecule has 26 heavy (non-hydrogen) atoms. The lowest BCUT2D eigenvalue weighted by atomic mass is 10.1. The third kappa shape index (κ3) is 6.31. The van der Waals surface area contributed by atoms with Crippen LogP contribution in [0.4, 0.5) is 9.59 Å². The monoisotopic (exact) mass is 390 g/mol. The second-order valence-electron chi connectivity index (χ2n) is 8.04. The van der Waals surface area contributed by atoms with Gasteiger partial charge in [0.1, 0.15) is 5.60 Å². The number of likely N-dealkylation sites (N-methyl/N-ethyl adjacent to an activating group) is 1. The van der Waals surface area contributed by atoms with Crippen LogP contribution >= 0.6 is 0 Å². The van der Waals surface area contributed by atoms with Gasteiger partial charge in [-0.15, -0.1) is 0 Å². The second kappa shape index (κ2) is 7.99. The molecule has 2 N–H and O–H groups in total. The zero-order valence-electron chi connectivity index (χ0n) is 15.9. The number of ether oxygens (including phenoxy) is 1. The molecule has 0 aromatic carbocycles. The number of nitrogens with zero attached hydrogens (tertiary/aromatic N) is 2. The Hall–Kier alpha value is -1.55. The largest absolute Gasteiger partial charge is 0.444 e. The summed E-state index contributed by atoms with van der Waals surface area (Å²) < 4.78 is 28.4. The summed E-state index contributed by atoms with van der Waals surface area (Å²) in [4.78, 5) is 28.2. The molecule has 2 aliphatic heterocycles. The third-order valence-electron chi connectivity index (χ3n) is 4.39. The van der Waals surface area contributed by atoms with Crippen molar-refractivity contribution < 1.29 is 22.7 Å². The maximum atomic E-state index is 12.6. The van der Waals surface area contributed by atoms with Crippen LogP contribution in [0.25, 0.3) is 0 Å². The van der Waals surface area contributed by atoms with Crippen molar-refractivity contribution in [3.05, 3.63) is 0 Å². The predicted molar refractivity (Wildman–Crippen MR) is 97.8 cm³/mol. The van der Waals surface area contributed by atoms with Gasteiger partial charge in [0.15, 0.2) is 9.84 Å². The van der Waals surface area contributed by atoms with Crippen LogP contribution in [0.3, 0.4) is 0 Å². The van der Waals surface area contributed by atoms with E-state index in [1.807, 2.05) is 7.05 Å². The number of hydrogen-bond donors (Lipinski definition) is 2. The minimum Gasteiger partial charge on any atom is -0.444 e.